The first-order valence-electron chi connectivity index (χ1n) is 2.37. The van der Waals surface area contributed by atoms with Crippen LogP contribution >= 0.6 is 27.5 Å². The van der Waals surface area contributed by atoms with Crippen LogP contribution in [0.2, 0.25) is 5.02 Å². The summed E-state index contributed by atoms with van der Waals surface area (Å²) in [7, 11) is 0. The van der Waals surface area contributed by atoms with Gasteiger partial charge in [-0.25, -0.2) is 0 Å². The van der Waals surface area contributed by atoms with Crippen molar-refractivity contribution in [1.29, 1.82) is 0 Å². The Morgan fingerprint density at radius 3 is 2.89 bits per heavy atom. The van der Waals surface area contributed by atoms with Crippen LogP contribution in [0.1, 0.15) is 5.56 Å². The maximum Gasteiger partial charge on any atom is 0.0633 e. The molecule has 9 heavy (non-hydrogen) atoms. The quantitative estimate of drug-likeness (QED) is 0.687. The van der Waals surface area contributed by atoms with Crippen molar-refractivity contribution in [3.05, 3.63) is 34.4 Å². The average Bonchev–Trinajstić information content (AvgIpc) is 1.89. The predicted octanol–water partition coefficient (Wildman–Crippen LogP) is 2.64. The molecule has 0 aliphatic carbocycles. The third-order valence-corrected chi connectivity index (χ3v) is 1.73. The topological polar surface area (TPSA) is 12.9 Å². The van der Waals surface area contributed by atoms with E-state index in [0.717, 1.165) is 5.56 Å². The van der Waals surface area contributed by atoms with E-state index in [1.165, 1.54) is 0 Å². The van der Waals surface area contributed by atoms with E-state index in [-0.39, 0.29) is 0 Å². The van der Waals surface area contributed by atoms with E-state index < -0.39 is 0 Å². The van der Waals surface area contributed by atoms with Gasteiger partial charge in [0.05, 0.1) is 10.4 Å². The van der Waals surface area contributed by atoms with E-state index in [4.69, 9.17) is 11.6 Å². The third kappa shape index (κ3) is 1.66. The Balaban J connectivity index is 3.01. The normalized spacial score (nSPS) is 9.56. The number of rotatable bonds is 1. The molecule has 1 radical (unpaired) electrons. The molecule has 0 aliphatic heterocycles. The molecule has 0 atom stereocenters. The molecule has 0 saturated carbocycles. The molecular weight excluding hydrogens is 201 g/mol. The van der Waals surface area contributed by atoms with Gasteiger partial charge in [0.1, 0.15) is 0 Å². The lowest BCUT2D eigenvalue weighted by atomic mass is 10.3. The monoisotopic (exact) mass is 204 g/mol. The number of pyridine rings is 1. The maximum absolute atomic E-state index is 5.70. The molecule has 1 rings (SSSR count). The zero-order valence-electron chi connectivity index (χ0n) is 4.51. The van der Waals surface area contributed by atoms with Gasteiger partial charge in [0.25, 0.3) is 0 Å². The fourth-order valence-electron chi connectivity index (χ4n) is 0.474. The molecule has 47 valence electrons. The van der Waals surface area contributed by atoms with Crippen LogP contribution in [-0.4, -0.2) is 4.98 Å². The van der Waals surface area contributed by atoms with Gasteiger partial charge in [-0.3, -0.25) is 4.98 Å². The SMILES string of the molecule is Clc1cnccc1[CH]Br. The van der Waals surface area contributed by atoms with Crippen LogP contribution in [-0.2, 0) is 0 Å². The standard InChI is InChI=1S/C6H4BrClN/c7-3-5-1-2-9-4-6(5)8/h1-4H. The lowest BCUT2D eigenvalue weighted by Crippen LogP contribution is -1.77. The van der Waals surface area contributed by atoms with Gasteiger partial charge < -0.3 is 0 Å². The third-order valence-electron chi connectivity index (χ3n) is 0.921. The molecule has 0 aromatic carbocycles. The molecule has 0 unspecified atom stereocenters. The predicted molar refractivity (Wildman–Crippen MR) is 41.6 cm³/mol. The van der Waals surface area contributed by atoms with Crippen molar-refractivity contribution < 1.29 is 0 Å². The maximum atomic E-state index is 5.70. The van der Waals surface area contributed by atoms with Crippen LogP contribution in [0.3, 0.4) is 0 Å². The van der Waals surface area contributed by atoms with Crippen molar-refractivity contribution in [2.24, 2.45) is 0 Å². The van der Waals surface area contributed by atoms with Crippen LogP contribution in [0.5, 0.6) is 0 Å². The van der Waals surface area contributed by atoms with Crippen molar-refractivity contribution in [1.82, 2.24) is 4.98 Å². The highest BCUT2D eigenvalue weighted by Gasteiger charge is 1.94. The fraction of sp³-hybridized carbons (Fsp3) is 0. The zero-order chi connectivity index (χ0) is 6.69. The van der Waals surface area contributed by atoms with E-state index >= 15 is 0 Å². The minimum absolute atomic E-state index is 0.661. The zero-order valence-corrected chi connectivity index (χ0v) is 6.85. The van der Waals surface area contributed by atoms with Gasteiger partial charge in [-0.2, -0.15) is 0 Å². The lowest BCUT2D eigenvalue weighted by Gasteiger charge is -1.94. The second-order valence-corrected chi connectivity index (χ2v) is 2.37. The second kappa shape index (κ2) is 3.18. The molecule has 1 aromatic heterocycles. The molecule has 0 N–H and O–H groups in total. The summed E-state index contributed by atoms with van der Waals surface area (Å²) in [6.07, 6.45) is 3.30. The van der Waals surface area contributed by atoms with Crippen molar-refractivity contribution in [2.45, 2.75) is 0 Å². The Kier molecular flexibility index (Phi) is 2.49. The summed E-state index contributed by atoms with van der Waals surface area (Å²) < 4.78 is 0. The van der Waals surface area contributed by atoms with Gasteiger partial charge >= 0.3 is 0 Å². The van der Waals surface area contributed by atoms with E-state index in [1.54, 1.807) is 17.7 Å². The molecule has 1 heterocycles. The van der Waals surface area contributed by atoms with E-state index in [2.05, 4.69) is 20.9 Å². The minimum atomic E-state index is 0.661. The van der Waals surface area contributed by atoms with E-state index in [0.29, 0.717) is 5.02 Å². The van der Waals surface area contributed by atoms with Crippen LogP contribution < -0.4 is 0 Å². The van der Waals surface area contributed by atoms with Crippen molar-refractivity contribution in [3.63, 3.8) is 0 Å². The van der Waals surface area contributed by atoms with Gasteiger partial charge in [-0.05, 0) is 11.6 Å². The summed E-state index contributed by atoms with van der Waals surface area (Å²) in [5.41, 5.74) is 0.951. The van der Waals surface area contributed by atoms with Crippen LogP contribution in [0.4, 0.5) is 0 Å². The first kappa shape index (κ1) is 7.03. The Labute approximate surface area is 67.2 Å². The number of hydrogen-bond donors (Lipinski definition) is 0. The summed E-state index contributed by atoms with van der Waals surface area (Å²) in [5, 5.41) is 2.42. The van der Waals surface area contributed by atoms with E-state index in [9.17, 15) is 0 Å². The average molecular weight is 205 g/mol. The van der Waals surface area contributed by atoms with Gasteiger partial charge in [0, 0.05) is 12.4 Å². The van der Waals surface area contributed by atoms with Crippen LogP contribution in [0.25, 0.3) is 0 Å². The highest BCUT2D eigenvalue weighted by Crippen LogP contribution is 2.17. The molecule has 0 spiro atoms. The minimum Gasteiger partial charge on any atom is -0.263 e. The molecular formula is C6H4BrClN. The van der Waals surface area contributed by atoms with Gasteiger partial charge in [0.15, 0.2) is 0 Å². The van der Waals surface area contributed by atoms with Crippen molar-refractivity contribution >= 4 is 27.5 Å². The number of halogens is 2. The molecule has 0 amide bonds. The summed E-state index contributed by atoms with van der Waals surface area (Å²) in [6.45, 7) is 0. The van der Waals surface area contributed by atoms with Crippen LogP contribution in [0, 0.1) is 5.33 Å². The number of nitrogens with zero attached hydrogens (tertiary/aromatic N) is 1. The Morgan fingerprint density at radius 1 is 1.67 bits per heavy atom. The fourth-order valence-corrected chi connectivity index (χ4v) is 1.18. The number of hydrogen-bond acceptors (Lipinski definition) is 1. The molecule has 3 heteroatoms. The Hall–Kier alpha value is -0.0800. The largest absolute Gasteiger partial charge is 0.263 e. The smallest absolute Gasteiger partial charge is 0.0633 e. The second-order valence-electron chi connectivity index (χ2n) is 1.51. The van der Waals surface area contributed by atoms with E-state index in [1.807, 2.05) is 6.07 Å². The molecule has 0 fully saturated rings. The van der Waals surface area contributed by atoms with Gasteiger partial charge in [-0.1, -0.05) is 27.5 Å². The van der Waals surface area contributed by atoms with Gasteiger partial charge in [0.2, 0.25) is 0 Å². The Morgan fingerprint density at radius 2 is 2.44 bits per heavy atom. The van der Waals surface area contributed by atoms with Crippen LogP contribution in [0.15, 0.2) is 18.5 Å². The molecule has 0 aliphatic rings. The number of aromatic nitrogens is 1. The summed E-state index contributed by atoms with van der Waals surface area (Å²) in [5.74, 6) is 0. The Bertz CT molecular complexity index is 202. The summed E-state index contributed by atoms with van der Waals surface area (Å²) in [4.78, 5) is 3.82. The highest BCUT2D eigenvalue weighted by molar-refractivity contribution is 9.10. The molecule has 0 bridgehead atoms. The lowest BCUT2D eigenvalue weighted by molar-refractivity contribution is 1.31. The molecule has 0 saturated heterocycles. The first-order chi connectivity index (χ1) is 4.34. The van der Waals surface area contributed by atoms with Crippen molar-refractivity contribution in [2.75, 3.05) is 0 Å². The summed E-state index contributed by atoms with van der Waals surface area (Å²) >= 11 is 8.87. The van der Waals surface area contributed by atoms with Gasteiger partial charge in [-0.15, -0.1) is 0 Å². The summed E-state index contributed by atoms with van der Waals surface area (Å²) in [6, 6.07) is 1.83. The highest BCUT2D eigenvalue weighted by atomic mass is 79.9. The first-order valence-corrected chi connectivity index (χ1v) is 3.67. The molecule has 1 aromatic rings. The molecule has 1 nitrogen and oxygen atoms in total. The van der Waals surface area contributed by atoms with Crippen molar-refractivity contribution in [3.8, 4) is 0 Å².